The Hall–Kier alpha value is -1.30. The molecule has 2 aromatic rings. The molecule has 0 spiro atoms. The van der Waals surface area contributed by atoms with Crippen LogP contribution in [0, 0.1) is 5.82 Å². The Morgan fingerprint density at radius 1 is 1.38 bits per heavy atom. The van der Waals surface area contributed by atoms with E-state index in [1.165, 1.54) is 6.07 Å². The smallest absolute Gasteiger partial charge is 0.123 e. The van der Waals surface area contributed by atoms with Gasteiger partial charge in [0.15, 0.2) is 0 Å². The van der Waals surface area contributed by atoms with Gasteiger partial charge in [-0.1, -0.05) is 19.1 Å². The van der Waals surface area contributed by atoms with Gasteiger partial charge in [-0.3, -0.25) is 4.90 Å². The van der Waals surface area contributed by atoms with E-state index in [0.29, 0.717) is 6.04 Å². The normalized spacial score (nSPS) is 17.8. The van der Waals surface area contributed by atoms with E-state index in [4.69, 9.17) is 4.98 Å². The number of aromatic nitrogens is 1. The van der Waals surface area contributed by atoms with Crippen LogP contribution < -0.4 is 5.32 Å². The molecule has 3 rings (SSSR count). The summed E-state index contributed by atoms with van der Waals surface area (Å²) in [4.78, 5) is 7.25. The zero-order valence-corrected chi connectivity index (χ0v) is 13.0. The molecule has 3 nitrogen and oxygen atoms in total. The molecule has 1 unspecified atom stereocenters. The lowest BCUT2D eigenvalue weighted by atomic mass is 10.1. The monoisotopic (exact) mass is 305 g/mol. The molecule has 1 saturated heterocycles. The lowest BCUT2D eigenvalue weighted by molar-refractivity contribution is 0.169. The summed E-state index contributed by atoms with van der Waals surface area (Å²) in [7, 11) is 0. The Morgan fingerprint density at radius 2 is 2.19 bits per heavy atom. The van der Waals surface area contributed by atoms with Crippen LogP contribution >= 0.6 is 11.3 Å². The third-order valence-corrected chi connectivity index (χ3v) is 4.85. The number of hydrogen-bond donors (Lipinski definition) is 1. The van der Waals surface area contributed by atoms with Crippen LogP contribution in [-0.2, 0) is 0 Å². The van der Waals surface area contributed by atoms with Crippen LogP contribution in [0.25, 0.3) is 11.3 Å². The first-order valence-corrected chi connectivity index (χ1v) is 8.32. The van der Waals surface area contributed by atoms with Crippen molar-refractivity contribution in [1.82, 2.24) is 15.2 Å². The van der Waals surface area contributed by atoms with Crippen molar-refractivity contribution in [3.05, 3.63) is 40.5 Å². The molecule has 0 saturated carbocycles. The topological polar surface area (TPSA) is 28.2 Å². The molecule has 0 amide bonds. The van der Waals surface area contributed by atoms with E-state index >= 15 is 0 Å². The lowest BCUT2D eigenvalue weighted by Gasteiger charge is -2.33. The number of piperazine rings is 1. The van der Waals surface area contributed by atoms with E-state index in [9.17, 15) is 4.39 Å². The van der Waals surface area contributed by atoms with Gasteiger partial charge in [-0.05, 0) is 18.6 Å². The summed E-state index contributed by atoms with van der Waals surface area (Å²) in [6.07, 6.45) is 1.05. The van der Waals surface area contributed by atoms with Crippen molar-refractivity contribution in [3.8, 4) is 11.3 Å². The molecular formula is C16H20FN3S. The summed E-state index contributed by atoms with van der Waals surface area (Å²) in [5.74, 6) is -0.212. The van der Waals surface area contributed by atoms with E-state index in [1.54, 1.807) is 23.5 Å². The predicted octanol–water partition coefficient (Wildman–Crippen LogP) is 3.31. The maximum absolute atomic E-state index is 13.3. The van der Waals surface area contributed by atoms with Gasteiger partial charge >= 0.3 is 0 Å². The van der Waals surface area contributed by atoms with Crippen LogP contribution in [0.5, 0.6) is 0 Å². The molecule has 1 aromatic carbocycles. The fraction of sp³-hybridized carbons (Fsp3) is 0.438. The minimum absolute atomic E-state index is 0.212. The van der Waals surface area contributed by atoms with E-state index < -0.39 is 0 Å². The van der Waals surface area contributed by atoms with Crippen molar-refractivity contribution in [2.45, 2.75) is 19.4 Å². The highest BCUT2D eigenvalue weighted by Crippen LogP contribution is 2.30. The van der Waals surface area contributed by atoms with Crippen LogP contribution in [0.2, 0.25) is 0 Å². The molecule has 0 aliphatic carbocycles. The highest BCUT2D eigenvalue weighted by atomic mass is 32.1. The van der Waals surface area contributed by atoms with Crippen molar-refractivity contribution >= 4 is 11.3 Å². The highest BCUT2D eigenvalue weighted by molar-refractivity contribution is 7.10. The molecule has 21 heavy (non-hydrogen) atoms. The molecule has 5 heteroatoms. The molecule has 1 aliphatic heterocycles. The number of nitrogens with zero attached hydrogens (tertiary/aromatic N) is 2. The second-order valence-corrected chi connectivity index (χ2v) is 6.18. The van der Waals surface area contributed by atoms with E-state index in [1.807, 2.05) is 11.4 Å². The summed E-state index contributed by atoms with van der Waals surface area (Å²) >= 11 is 1.68. The zero-order valence-electron chi connectivity index (χ0n) is 12.2. The van der Waals surface area contributed by atoms with Gasteiger partial charge in [-0.2, -0.15) is 0 Å². The van der Waals surface area contributed by atoms with Crippen LogP contribution in [0.15, 0.2) is 29.6 Å². The van der Waals surface area contributed by atoms with E-state index in [-0.39, 0.29) is 5.82 Å². The summed E-state index contributed by atoms with van der Waals surface area (Å²) in [6, 6.07) is 7.03. The molecule has 1 aliphatic rings. The molecule has 2 heterocycles. The van der Waals surface area contributed by atoms with Crippen LogP contribution in [0.3, 0.4) is 0 Å². The molecule has 1 N–H and O–H groups in total. The molecule has 1 atom stereocenters. The molecule has 1 fully saturated rings. The van der Waals surface area contributed by atoms with Crippen molar-refractivity contribution in [1.29, 1.82) is 0 Å². The number of hydrogen-bond acceptors (Lipinski definition) is 4. The minimum Gasteiger partial charge on any atom is -0.314 e. The number of rotatable bonds is 4. The number of nitrogens with one attached hydrogen (secondary N) is 1. The quantitative estimate of drug-likeness (QED) is 0.939. The lowest BCUT2D eigenvalue weighted by Crippen LogP contribution is -2.45. The van der Waals surface area contributed by atoms with Crippen molar-refractivity contribution in [2.75, 3.05) is 26.2 Å². The van der Waals surface area contributed by atoms with Crippen LogP contribution in [0.4, 0.5) is 4.39 Å². The Morgan fingerprint density at radius 3 is 2.90 bits per heavy atom. The molecule has 0 bridgehead atoms. The van der Waals surface area contributed by atoms with Crippen LogP contribution in [-0.4, -0.2) is 36.1 Å². The fourth-order valence-electron chi connectivity index (χ4n) is 2.80. The first kappa shape index (κ1) is 14.6. The van der Waals surface area contributed by atoms with E-state index in [0.717, 1.165) is 48.9 Å². The first-order valence-electron chi connectivity index (χ1n) is 7.44. The number of halogens is 1. The summed E-state index contributed by atoms with van der Waals surface area (Å²) < 4.78 is 13.3. The van der Waals surface area contributed by atoms with Gasteiger partial charge in [0.05, 0.1) is 11.7 Å². The minimum atomic E-state index is -0.212. The zero-order chi connectivity index (χ0) is 14.7. The average Bonchev–Trinajstić information content (AvgIpc) is 2.99. The number of thiazole rings is 1. The maximum atomic E-state index is 13.3. The standard InChI is InChI=1S/C16H20FN3S/c1-2-15(20-8-6-18-7-9-20)16-19-14(11-21-16)12-4-3-5-13(17)10-12/h3-5,10-11,15,18H,2,6-9H2,1H3. The third-order valence-electron chi connectivity index (χ3n) is 3.91. The Kier molecular flexibility index (Phi) is 4.63. The van der Waals surface area contributed by atoms with Gasteiger partial charge in [0.2, 0.25) is 0 Å². The third kappa shape index (κ3) is 3.31. The van der Waals surface area contributed by atoms with Crippen molar-refractivity contribution in [2.24, 2.45) is 0 Å². The van der Waals surface area contributed by atoms with Crippen molar-refractivity contribution < 1.29 is 4.39 Å². The summed E-state index contributed by atoms with van der Waals surface area (Å²) in [6.45, 7) is 6.41. The summed E-state index contributed by atoms with van der Waals surface area (Å²) in [5, 5.41) is 6.56. The fourth-order valence-corrected chi connectivity index (χ4v) is 3.85. The SMILES string of the molecule is CCC(c1nc(-c2cccc(F)c2)cs1)N1CCNCC1. The molecule has 0 radical (unpaired) electrons. The molecular weight excluding hydrogens is 285 g/mol. The molecule has 112 valence electrons. The van der Waals surface area contributed by atoms with Gasteiger partial charge in [0, 0.05) is 37.1 Å². The predicted molar refractivity (Wildman–Crippen MR) is 85.0 cm³/mol. The first-order chi connectivity index (χ1) is 10.3. The second-order valence-electron chi connectivity index (χ2n) is 5.29. The molecule has 1 aromatic heterocycles. The Bertz CT molecular complexity index is 593. The second kappa shape index (κ2) is 6.64. The van der Waals surface area contributed by atoms with Gasteiger partial charge in [-0.15, -0.1) is 11.3 Å². The highest BCUT2D eigenvalue weighted by Gasteiger charge is 2.23. The van der Waals surface area contributed by atoms with Crippen LogP contribution in [0.1, 0.15) is 24.4 Å². The van der Waals surface area contributed by atoms with Gasteiger partial charge in [0.1, 0.15) is 10.8 Å². The van der Waals surface area contributed by atoms with Gasteiger partial charge in [-0.25, -0.2) is 9.37 Å². The number of benzene rings is 1. The van der Waals surface area contributed by atoms with Crippen molar-refractivity contribution in [3.63, 3.8) is 0 Å². The van der Waals surface area contributed by atoms with Gasteiger partial charge in [0.25, 0.3) is 0 Å². The van der Waals surface area contributed by atoms with Gasteiger partial charge < -0.3 is 5.32 Å². The van der Waals surface area contributed by atoms with E-state index in [2.05, 4.69) is 17.1 Å². The largest absolute Gasteiger partial charge is 0.314 e. The maximum Gasteiger partial charge on any atom is 0.123 e. The summed E-state index contributed by atoms with van der Waals surface area (Å²) in [5.41, 5.74) is 1.73. The average molecular weight is 305 g/mol. The Balaban J connectivity index is 1.82. The Labute approximate surface area is 128 Å².